The zero-order valence-corrected chi connectivity index (χ0v) is 15.1. The maximum atomic E-state index is 5.49. The minimum absolute atomic E-state index is 0. The van der Waals surface area contributed by atoms with Crippen LogP contribution < -0.4 is 6.15 Å². The summed E-state index contributed by atoms with van der Waals surface area (Å²) in [6.07, 6.45) is 21.1. The van der Waals surface area contributed by atoms with E-state index in [0.717, 1.165) is 19.6 Å². The molecule has 0 aliphatic rings. The van der Waals surface area contributed by atoms with Gasteiger partial charge in [0.15, 0.2) is 0 Å². The van der Waals surface area contributed by atoms with Crippen LogP contribution in [-0.4, -0.2) is 13.2 Å². The average molecular weight is 302 g/mol. The molecule has 0 bridgehead atoms. The van der Waals surface area contributed by atoms with E-state index in [9.17, 15) is 0 Å². The molecule has 130 valence electrons. The first-order chi connectivity index (χ1) is 9.91. The van der Waals surface area contributed by atoms with E-state index in [-0.39, 0.29) is 6.15 Å². The lowest BCUT2D eigenvalue weighted by atomic mass is 10.0. The van der Waals surface area contributed by atoms with Crippen molar-refractivity contribution in [2.24, 2.45) is 0 Å². The van der Waals surface area contributed by atoms with Gasteiger partial charge in [0.1, 0.15) is 0 Å². The largest absolute Gasteiger partial charge is 0.381 e. The van der Waals surface area contributed by atoms with Crippen molar-refractivity contribution >= 4 is 0 Å². The molecule has 2 nitrogen and oxygen atoms in total. The molecule has 21 heavy (non-hydrogen) atoms. The Bertz CT molecular complexity index is 144. The highest BCUT2D eigenvalue weighted by molar-refractivity contribution is 4.49. The van der Waals surface area contributed by atoms with E-state index < -0.39 is 0 Å². The fourth-order valence-corrected chi connectivity index (χ4v) is 2.65. The summed E-state index contributed by atoms with van der Waals surface area (Å²) in [6, 6.07) is 0. The lowest BCUT2D eigenvalue weighted by Crippen LogP contribution is -1.95. The molecular weight excluding hydrogens is 258 g/mol. The van der Waals surface area contributed by atoms with Crippen LogP contribution in [0.15, 0.2) is 0 Å². The summed E-state index contributed by atoms with van der Waals surface area (Å²) in [6.45, 7) is 6.38. The van der Waals surface area contributed by atoms with Crippen molar-refractivity contribution in [3.63, 3.8) is 0 Å². The standard InChI is InChI=1S/C19H40O.H3N/c1-3-5-6-7-8-9-10-11-12-13-14-15-16-17-19-20-18-4-2;/h3-19H2,1-2H3;1H3. The molecule has 0 heterocycles. The average Bonchev–Trinajstić information content (AvgIpc) is 2.47. The summed E-state index contributed by atoms with van der Waals surface area (Å²) >= 11 is 0. The Morgan fingerprint density at radius 2 is 0.810 bits per heavy atom. The second-order valence-corrected chi connectivity index (χ2v) is 6.21. The maximum Gasteiger partial charge on any atom is 0.0466 e. The predicted octanol–water partition coefficient (Wildman–Crippen LogP) is 7.06. The van der Waals surface area contributed by atoms with Crippen molar-refractivity contribution in [2.75, 3.05) is 13.2 Å². The molecule has 0 radical (unpaired) electrons. The summed E-state index contributed by atoms with van der Waals surface area (Å²) in [5.41, 5.74) is 0. The van der Waals surface area contributed by atoms with Gasteiger partial charge in [0.05, 0.1) is 0 Å². The topological polar surface area (TPSA) is 44.2 Å². The van der Waals surface area contributed by atoms with Crippen LogP contribution in [-0.2, 0) is 4.74 Å². The van der Waals surface area contributed by atoms with Gasteiger partial charge in [-0.05, 0) is 12.8 Å². The van der Waals surface area contributed by atoms with Crippen LogP contribution in [0.25, 0.3) is 0 Å². The number of rotatable bonds is 17. The van der Waals surface area contributed by atoms with E-state index in [2.05, 4.69) is 13.8 Å². The number of hydrogen-bond donors (Lipinski definition) is 1. The Kier molecular flexibility index (Phi) is 24.5. The first kappa shape index (κ1) is 23.2. The molecule has 0 atom stereocenters. The van der Waals surface area contributed by atoms with Crippen molar-refractivity contribution in [3.8, 4) is 0 Å². The molecule has 0 saturated heterocycles. The van der Waals surface area contributed by atoms with Gasteiger partial charge in [-0.1, -0.05) is 97.3 Å². The van der Waals surface area contributed by atoms with Gasteiger partial charge in [-0.3, -0.25) is 0 Å². The highest BCUT2D eigenvalue weighted by Crippen LogP contribution is 2.12. The summed E-state index contributed by atoms with van der Waals surface area (Å²) in [7, 11) is 0. The third-order valence-corrected chi connectivity index (χ3v) is 3.99. The molecule has 0 aromatic carbocycles. The molecule has 0 rings (SSSR count). The van der Waals surface area contributed by atoms with Crippen LogP contribution in [0.4, 0.5) is 0 Å². The molecule has 2 heteroatoms. The summed E-state index contributed by atoms with van der Waals surface area (Å²) < 4.78 is 5.49. The van der Waals surface area contributed by atoms with E-state index >= 15 is 0 Å². The first-order valence-corrected chi connectivity index (χ1v) is 9.49. The molecule has 0 amide bonds. The maximum absolute atomic E-state index is 5.49. The first-order valence-electron chi connectivity index (χ1n) is 9.49. The molecule has 0 unspecified atom stereocenters. The van der Waals surface area contributed by atoms with Crippen LogP contribution in [0.2, 0.25) is 0 Å². The van der Waals surface area contributed by atoms with Gasteiger partial charge in [-0.15, -0.1) is 0 Å². The van der Waals surface area contributed by atoms with E-state index in [1.54, 1.807) is 0 Å². The van der Waals surface area contributed by atoms with Crippen LogP contribution in [0, 0.1) is 0 Å². The molecule has 0 aromatic heterocycles. The number of hydrogen-bond acceptors (Lipinski definition) is 2. The number of unbranched alkanes of at least 4 members (excludes halogenated alkanes) is 13. The van der Waals surface area contributed by atoms with Gasteiger partial charge >= 0.3 is 0 Å². The van der Waals surface area contributed by atoms with E-state index in [1.807, 2.05) is 0 Å². The van der Waals surface area contributed by atoms with Crippen LogP contribution in [0.1, 0.15) is 110 Å². The quantitative estimate of drug-likeness (QED) is 0.292. The van der Waals surface area contributed by atoms with Crippen molar-refractivity contribution in [1.82, 2.24) is 6.15 Å². The third kappa shape index (κ3) is 22.3. The van der Waals surface area contributed by atoms with E-state index in [4.69, 9.17) is 4.74 Å². The molecular formula is C19H43NO. The minimum atomic E-state index is 0. The van der Waals surface area contributed by atoms with E-state index in [1.165, 1.54) is 89.9 Å². The monoisotopic (exact) mass is 301 g/mol. The lowest BCUT2D eigenvalue weighted by molar-refractivity contribution is 0.130. The molecule has 3 N–H and O–H groups in total. The third-order valence-electron chi connectivity index (χ3n) is 3.99. The highest BCUT2D eigenvalue weighted by atomic mass is 16.5. The van der Waals surface area contributed by atoms with E-state index in [0.29, 0.717) is 0 Å². The molecule has 0 aliphatic heterocycles. The fourth-order valence-electron chi connectivity index (χ4n) is 2.65. The SMILES string of the molecule is CCCCCCCCCCCCCCCCOCCC.N. The van der Waals surface area contributed by atoms with Gasteiger partial charge in [0.2, 0.25) is 0 Å². The zero-order chi connectivity index (χ0) is 14.7. The molecule has 0 spiro atoms. The Labute approximate surface area is 135 Å². The van der Waals surface area contributed by atoms with Crippen molar-refractivity contribution < 1.29 is 4.74 Å². The van der Waals surface area contributed by atoms with Gasteiger partial charge in [-0.2, -0.15) is 0 Å². The second kappa shape index (κ2) is 22.2. The second-order valence-electron chi connectivity index (χ2n) is 6.21. The smallest absolute Gasteiger partial charge is 0.0466 e. The highest BCUT2D eigenvalue weighted by Gasteiger charge is 1.94. The van der Waals surface area contributed by atoms with Gasteiger partial charge in [0.25, 0.3) is 0 Å². The Hall–Kier alpha value is -0.0800. The van der Waals surface area contributed by atoms with Gasteiger partial charge in [0, 0.05) is 13.2 Å². The molecule has 0 saturated carbocycles. The lowest BCUT2D eigenvalue weighted by Gasteiger charge is -2.04. The van der Waals surface area contributed by atoms with Crippen LogP contribution in [0.3, 0.4) is 0 Å². The molecule has 0 fully saturated rings. The zero-order valence-electron chi connectivity index (χ0n) is 15.1. The van der Waals surface area contributed by atoms with Crippen LogP contribution >= 0.6 is 0 Å². The Morgan fingerprint density at radius 1 is 0.429 bits per heavy atom. The summed E-state index contributed by atoms with van der Waals surface area (Å²) in [5.74, 6) is 0. The van der Waals surface area contributed by atoms with Gasteiger partial charge in [-0.25, -0.2) is 0 Å². The fraction of sp³-hybridized carbons (Fsp3) is 1.00. The van der Waals surface area contributed by atoms with Crippen molar-refractivity contribution in [2.45, 2.75) is 110 Å². The Morgan fingerprint density at radius 3 is 1.19 bits per heavy atom. The normalized spacial score (nSPS) is 10.6. The molecule has 0 aromatic rings. The number of ether oxygens (including phenoxy) is 1. The predicted molar refractivity (Wildman–Crippen MR) is 96.4 cm³/mol. The molecule has 0 aliphatic carbocycles. The van der Waals surface area contributed by atoms with Crippen molar-refractivity contribution in [3.05, 3.63) is 0 Å². The summed E-state index contributed by atoms with van der Waals surface area (Å²) in [4.78, 5) is 0. The van der Waals surface area contributed by atoms with Crippen LogP contribution in [0.5, 0.6) is 0 Å². The van der Waals surface area contributed by atoms with Crippen molar-refractivity contribution in [1.29, 1.82) is 0 Å². The summed E-state index contributed by atoms with van der Waals surface area (Å²) in [5, 5.41) is 0. The van der Waals surface area contributed by atoms with Gasteiger partial charge < -0.3 is 10.9 Å². The Balaban J connectivity index is 0. The minimum Gasteiger partial charge on any atom is -0.381 e.